The second-order valence-corrected chi connectivity index (χ2v) is 1.71. The van der Waals surface area contributed by atoms with Crippen LogP contribution < -0.4 is 18.9 Å². The van der Waals surface area contributed by atoms with Crippen molar-refractivity contribution in [2.75, 3.05) is 0 Å². The molecular formula is H7LiMnO4Si. The van der Waals surface area contributed by atoms with Crippen molar-refractivity contribution in [1.29, 1.82) is 0 Å². The monoisotopic (exact) mass is 161 g/mol. The average Bonchev–Trinajstić information content (AvgIpc) is 0.722. The van der Waals surface area contributed by atoms with E-state index in [0.29, 0.717) is 0 Å². The van der Waals surface area contributed by atoms with E-state index in [-0.39, 0.29) is 31.3 Å². The van der Waals surface area contributed by atoms with Crippen LogP contribution in [-0.2, 0) is 21.0 Å². The minimum Gasteiger partial charge on any atom is -0.0149 e. The Hall–Kier alpha value is 0.854. The summed E-state index contributed by atoms with van der Waals surface area (Å²) >= 11 is -5.12. The smallest absolute Gasteiger partial charge is 0.0149 e. The minimum absolute atomic E-state index is 0. The fourth-order valence-corrected chi connectivity index (χ4v) is 0. The molecular weight excluding hydrogens is 154 g/mol. The number of rotatable bonds is 0. The third-order valence-corrected chi connectivity index (χ3v) is 0. The van der Waals surface area contributed by atoms with Crippen LogP contribution in [0.25, 0.3) is 0 Å². The van der Waals surface area contributed by atoms with E-state index in [1.807, 2.05) is 0 Å². The van der Waals surface area contributed by atoms with Crippen LogP contribution in [0.15, 0.2) is 0 Å². The molecule has 0 aliphatic rings. The van der Waals surface area contributed by atoms with E-state index in [1.165, 1.54) is 0 Å². The molecule has 0 aromatic heterocycles. The van der Waals surface area contributed by atoms with Crippen molar-refractivity contribution < 1.29 is 49.7 Å². The van der Waals surface area contributed by atoms with Gasteiger partial charge in [0.15, 0.2) is 0 Å². The average molecular weight is 161 g/mol. The predicted molar refractivity (Wildman–Crippen MR) is 18.3 cm³/mol. The minimum atomic E-state index is -5.12. The molecule has 0 heterocycles. The Labute approximate surface area is 60.9 Å². The maximum absolute atomic E-state index is 8.80. The Morgan fingerprint density at radius 2 is 1.29 bits per heavy atom. The maximum Gasteiger partial charge on any atom is -0.0149 e. The Kier molecular flexibility index (Phi) is 11.2. The second kappa shape index (κ2) is 5.00. The van der Waals surface area contributed by atoms with Gasteiger partial charge < -0.3 is 1.43 Å². The van der Waals surface area contributed by atoms with Gasteiger partial charge in [-0.25, -0.2) is 0 Å². The van der Waals surface area contributed by atoms with Crippen molar-refractivity contribution >= 4 is 11.0 Å². The second-order valence-electron chi connectivity index (χ2n) is 0.415. The molecule has 0 saturated carbocycles. The van der Waals surface area contributed by atoms with E-state index < -0.39 is 13.4 Å². The molecule has 7 heteroatoms. The van der Waals surface area contributed by atoms with E-state index in [0.717, 1.165) is 0 Å². The first-order chi connectivity index (χ1) is 2.00. The third kappa shape index (κ3) is 222. The van der Waals surface area contributed by atoms with Gasteiger partial charge in [-0.05, 0) is 11.0 Å². The zero-order valence-electron chi connectivity index (χ0n) is 4.09. The van der Waals surface area contributed by atoms with E-state index >= 15 is 0 Å². The van der Waals surface area contributed by atoms with Crippen LogP contribution >= 0.6 is 0 Å². The molecule has 43 valence electrons. The molecule has 0 unspecified atom stereocenters. The van der Waals surface area contributed by atoms with Gasteiger partial charge in [-0.15, -0.1) is 0 Å². The molecule has 0 saturated heterocycles. The van der Waals surface area contributed by atoms with E-state index in [1.54, 1.807) is 0 Å². The summed E-state index contributed by atoms with van der Waals surface area (Å²) in [5.74, 6) is 0. The van der Waals surface area contributed by atoms with E-state index in [9.17, 15) is 0 Å². The molecule has 0 radical (unpaired) electrons. The van der Waals surface area contributed by atoms with Crippen LogP contribution in [0.5, 0.6) is 0 Å². The molecule has 0 aromatic rings. The standard InChI is InChI=1S/Li.Mn.2H2O.2O.H4Si.H/h;;2*1H2;;;1H4;/q+1;+2;;;;;;-1/p-2. The number of hydrogen-bond donors (Lipinski definition) is 2. The molecule has 0 rings (SSSR count). The van der Waals surface area contributed by atoms with E-state index in [4.69, 9.17) is 16.0 Å². The number of hydrogen-bond acceptors (Lipinski definition) is 2. The molecule has 0 atom stereocenters. The summed E-state index contributed by atoms with van der Waals surface area (Å²) in [7, 11) is 0. The molecule has 0 fully saturated rings. The third-order valence-electron chi connectivity index (χ3n) is 0. The molecule has 0 bridgehead atoms. The summed E-state index contributed by atoms with van der Waals surface area (Å²) < 4.78 is 31.8. The summed E-state index contributed by atoms with van der Waals surface area (Å²) in [4.78, 5) is 0. The first-order valence-corrected chi connectivity index (χ1v) is 2.67. The molecule has 4 nitrogen and oxygen atoms in total. The van der Waals surface area contributed by atoms with Gasteiger partial charge in [0.1, 0.15) is 0 Å². The fraction of sp³-hybridized carbons (Fsp3) is 0. The van der Waals surface area contributed by atoms with Crippen LogP contribution in [0.4, 0.5) is 0 Å². The Balaban J connectivity index is -0.0000000267. The van der Waals surface area contributed by atoms with Gasteiger partial charge >= 0.3 is 48.3 Å². The van der Waals surface area contributed by atoms with Crippen molar-refractivity contribution in [2.24, 2.45) is 0 Å². The van der Waals surface area contributed by atoms with Gasteiger partial charge in [0.25, 0.3) is 0 Å². The zero-order valence-corrected chi connectivity index (χ0v) is 4.27. The predicted octanol–water partition coefficient (Wildman–Crippen LogP) is -5.69. The Bertz CT molecular complexity index is 99.2. The SMILES string of the molecule is [H-].[Li+].[O]=[Mn](=[O])([OH])[OH].[SiH4]. The van der Waals surface area contributed by atoms with Crippen molar-refractivity contribution in [3.05, 3.63) is 0 Å². The summed E-state index contributed by atoms with van der Waals surface area (Å²) in [6.07, 6.45) is 0. The maximum atomic E-state index is 8.80. The van der Waals surface area contributed by atoms with Crippen LogP contribution in [0.2, 0.25) is 0 Å². The topological polar surface area (TPSA) is 74.6 Å². The van der Waals surface area contributed by atoms with Gasteiger partial charge in [0.05, 0.1) is 0 Å². The fourth-order valence-electron chi connectivity index (χ4n) is 0. The molecule has 0 aromatic carbocycles. The van der Waals surface area contributed by atoms with Gasteiger partial charge in [-0.2, -0.15) is 0 Å². The first-order valence-electron chi connectivity index (χ1n) is 0.647. The van der Waals surface area contributed by atoms with Crippen LogP contribution in [-0.4, -0.2) is 19.3 Å². The van der Waals surface area contributed by atoms with Crippen molar-refractivity contribution in [1.82, 2.24) is 0 Å². The van der Waals surface area contributed by atoms with Crippen molar-refractivity contribution in [3.63, 3.8) is 0 Å². The Morgan fingerprint density at radius 3 is 1.29 bits per heavy atom. The van der Waals surface area contributed by atoms with Gasteiger partial charge in [-0.1, -0.05) is 0 Å². The molecule has 0 aliphatic carbocycles. The van der Waals surface area contributed by atoms with Crippen LogP contribution in [0.3, 0.4) is 0 Å². The molecule has 7 heavy (non-hydrogen) atoms. The van der Waals surface area contributed by atoms with Crippen molar-refractivity contribution in [3.8, 4) is 0 Å². The molecule has 2 N–H and O–H groups in total. The quantitative estimate of drug-likeness (QED) is 0.347. The Morgan fingerprint density at radius 1 is 1.29 bits per heavy atom. The summed E-state index contributed by atoms with van der Waals surface area (Å²) in [5, 5.41) is 0. The summed E-state index contributed by atoms with van der Waals surface area (Å²) in [5.41, 5.74) is 0. The van der Waals surface area contributed by atoms with Gasteiger partial charge in [0, 0.05) is 0 Å². The van der Waals surface area contributed by atoms with E-state index in [2.05, 4.69) is 0 Å². The molecule has 0 aliphatic heterocycles. The normalized spacial score (nSPS) is 8.29. The van der Waals surface area contributed by atoms with Gasteiger partial charge in [0.2, 0.25) is 0 Å². The van der Waals surface area contributed by atoms with Gasteiger partial charge in [-0.3, -0.25) is 0 Å². The largest absolute Gasteiger partial charge is 0.0149 e. The summed E-state index contributed by atoms with van der Waals surface area (Å²) in [6.45, 7) is 0. The molecule has 0 spiro atoms. The van der Waals surface area contributed by atoms with Crippen LogP contribution in [0, 0.1) is 0 Å². The molecule has 0 amide bonds. The first kappa shape index (κ1) is 15.7. The van der Waals surface area contributed by atoms with Crippen LogP contribution in [0.1, 0.15) is 1.43 Å². The zero-order chi connectivity index (χ0) is 4.50. The summed E-state index contributed by atoms with van der Waals surface area (Å²) in [6, 6.07) is 0. The van der Waals surface area contributed by atoms with Crippen molar-refractivity contribution in [2.45, 2.75) is 0 Å².